The summed E-state index contributed by atoms with van der Waals surface area (Å²) in [7, 11) is 0. The van der Waals surface area contributed by atoms with Crippen molar-refractivity contribution in [2.75, 3.05) is 13.1 Å². The fourth-order valence-corrected chi connectivity index (χ4v) is 3.41. The summed E-state index contributed by atoms with van der Waals surface area (Å²) in [6.45, 7) is 0.833. The molecule has 1 aliphatic heterocycles. The highest BCUT2D eigenvalue weighted by Crippen LogP contribution is 2.35. The number of urea groups is 1. The van der Waals surface area contributed by atoms with Crippen LogP contribution in [0.2, 0.25) is 0 Å². The minimum absolute atomic E-state index is 0.0119. The van der Waals surface area contributed by atoms with Gasteiger partial charge in [0.25, 0.3) is 0 Å². The first-order valence-corrected chi connectivity index (χ1v) is 8.46. The number of carbonyl (C=O) groups is 2. The monoisotopic (exact) mass is 316 g/mol. The van der Waals surface area contributed by atoms with Crippen LogP contribution in [0.1, 0.15) is 43.7 Å². The number of likely N-dealkylation sites (tertiary alicyclic amines) is 1. The Labute approximate surface area is 136 Å². The Bertz CT molecular complexity index is 557. The molecule has 1 saturated heterocycles. The second kappa shape index (κ2) is 7.02. The maximum absolute atomic E-state index is 12.5. The molecule has 1 saturated carbocycles. The number of nitrogens with one attached hydrogen (secondary N) is 1. The number of amides is 2. The van der Waals surface area contributed by atoms with Gasteiger partial charge in [0.2, 0.25) is 0 Å². The van der Waals surface area contributed by atoms with Crippen molar-refractivity contribution in [2.24, 2.45) is 11.8 Å². The van der Waals surface area contributed by atoms with Gasteiger partial charge in [-0.2, -0.15) is 0 Å². The highest BCUT2D eigenvalue weighted by Gasteiger charge is 2.32. The minimum atomic E-state index is -0.811. The largest absolute Gasteiger partial charge is 0.481 e. The van der Waals surface area contributed by atoms with E-state index >= 15 is 0 Å². The van der Waals surface area contributed by atoms with Crippen LogP contribution in [0, 0.1) is 11.8 Å². The molecule has 0 aromatic heterocycles. The van der Waals surface area contributed by atoms with Gasteiger partial charge >= 0.3 is 12.0 Å². The molecule has 2 fully saturated rings. The molecule has 2 N–H and O–H groups in total. The highest BCUT2D eigenvalue weighted by atomic mass is 16.4. The maximum Gasteiger partial charge on any atom is 0.317 e. The van der Waals surface area contributed by atoms with Crippen LogP contribution in [0.3, 0.4) is 0 Å². The Hall–Kier alpha value is -2.04. The fraction of sp³-hybridized carbons (Fsp3) is 0.556. The van der Waals surface area contributed by atoms with Gasteiger partial charge < -0.3 is 15.3 Å². The molecule has 2 aliphatic rings. The SMILES string of the molecule is O=C(O)C1CCN(C(=O)NC(CC2CCC2)c2ccccc2)C1. The predicted octanol–water partition coefficient (Wildman–Crippen LogP) is 3.03. The lowest BCUT2D eigenvalue weighted by Gasteiger charge is -2.31. The van der Waals surface area contributed by atoms with E-state index in [1.54, 1.807) is 4.90 Å². The van der Waals surface area contributed by atoms with E-state index in [1.807, 2.05) is 30.3 Å². The number of carbonyl (C=O) groups excluding carboxylic acids is 1. The molecule has 0 radical (unpaired) electrons. The van der Waals surface area contributed by atoms with E-state index in [2.05, 4.69) is 5.32 Å². The molecule has 1 heterocycles. The molecule has 2 unspecified atom stereocenters. The van der Waals surface area contributed by atoms with Crippen molar-refractivity contribution in [3.8, 4) is 0 Å². The van der Waals surface area contributed by atoms with Gasteiger partial charge in [-0.3, -0.25) is 4.79 Å². The molecule has 2 atom stereocenters. The zero-order chi connectivity index (χ0) is 16.2. The molecule has 23 heavy (non-hydrogen) atoms. The molecular formula is C18H24N2O3. The Morgan fingerprint density at radius 2 is 1.96 bits per heavy atom. The van der Waals surface area contributed by atoms with Crippen LogP contribution in [0.5, 0.6) is 0 Å². The summed E-state index contributed by atoms with van der Waals surface area (Å²) in [5.41, 5.74) is 1.13. The quantitative estimate of drug-likeness (QED) is 0.877. The lowest BCUT2D eigenvalue weighted by atomic mass is 9.79. The molecule has 1 aromatic rings. The first-order chi connectivity index (χ1) is 11.1. The topological polar surface area (TPSA) is 69.6 Å². The number of benzene rings is 1. The van der Waals surface area contributed by atoms with Gasteiger partial charge in [0.1, 0.15) is 0 Å². The Morgan fingerprint density at radius 3 is 2.52 bits per heavy atom. The molecule has 1 aromatic carbocycles. The number of hydrogen-bond donors (Lipinski definition) is 2. The zero-order valence-electron chi connectivity index (χ0n) is 13.3. The predicted molar refractivity (Wildman–Crippen MR) is 87.0 cm³/mol. The average Bonchev–Trinajstić information content (AvgIpc) is 3.00. The van der Waals surface area contributed by atoms with E-state index in [0.717, 1.165) is 12.0 Å². The van der Waals surface area contributed by atoms with Crippen LogP contribution in [0.15, 0.2) is 30.3 Å². The van der Waals surface area contributed by atoms with Crippen LogP contribution in [0.25, 0.3) is 0 Å². The summed E-state index contributed by atoms with van der Waals surface area (Å²) >= 11 is 0. The lowest BCUT2D eigenvalue weighted by Crippen LogP contribution is -2.41. The van der Waals surface area contributed by atoms with E-state index in [-0.39, 0.29) is 12.1 Å². The summed E-state index contributed by atoms with van der Waals surface area (Å²) in [6.07, 6.45) is 5.27. The molecule has 3 rings (SSSR count). The molecule has 5 nitrogen and oxygen atoms in total. The van der Waals surface area contributed by atoms with Crippen molar-refractivity contribution >= 4 is 12.0 Å². The van der Waals surface area contributed by atoms with Gasteiger partial charge in [0.15, 0.2) is 0 Å². The molecule has 0 spiro atoms. The van der Waals surface area contributed by atoms with Crippen molar-refractivity contribution in [3.63, 3.8) is 0 Å². The van der Waals surface area contributed by atoms with Gasteiger partial charge in [-0.15, -0.1) is 0 Å². The van der Waals surface area contributed by atoms with Crippen molar-refractivity contribution in [1.82, 2.24) is 10.2 Å². The molecule has 0 bridgehead atoms. The smallest absolute Gasteiger partial charge is 0.317 e. The van der Waals surface area contributed by atoms with Crippen LogP contribution in [-0.2, 0) is 4.79 Å². The number of carboxylic acid groups (broad SMARTS) is 1. The normalized spacial score (nSPS) is 22.4. The van der Waals surface area contributed by atoms with E-state index < -0.39 is 11.9 Å². The number of rotatable bonds is 5. The van der Waals surface area contributed by atoms with Gasteiger partial charge in [-0.25, -0.2) is 4.79 Å². The standard InChI is InChI=1S/C18H24N2O3/c21-17(22)15-9-10-20(12-15)18(23)19-16(11-13-5-4-6-13)14-7-2-1-3-8-14/h1-3,7-8,13,15-16H,4-6,9-12H2,(H,19,23)(H,21,22). The zero-order valence-corrected chi connectivity index (χ0v) is 13.3. The van der Waals surface area contributed by atoms with Crippen molar-refractivity contribution < 1.29 is 14.7 Å². The summed E-state index contributed by atoms with van der Waals surface area (Å²) < 4.78 is 0. The van der Waals surface area contributed by atoms with E-state index in [0.29, 0.717) is 25.4 Å². The molecule has 124 valence electrons. The van der Waals surface area contributed by atoms with E-state index in [4.69, 9.17) is 5.11 Å². The molecule has 5 heteroatoms. The Kier molecular flexibility index (Phi) is 4.84. The first kappa shape index (κ1) is 15.8. The lowest BCUT2D eigenvalue weighted by molar-refractivity contribution is -0.141. The highest BCUT2D eigenvalue weighted by molar-refractivity contribution is 5.77. The van der Waals surface area contributed by atoms with Crippen LogP contribution >= 0.6 is 0 Å². The summed E-state index contributed by atoms with van der Waals surface area (Å²) in [5, 5.41) is 12.2. The second-order valence-electron chi connectivity index (χ2n) is 6.72. The van der Waals surface area contributed by atoms with E-state index in [1.165, 1.54) is 19.3 Å². The van der Waals surface area contributed by atoms with Gasteiger partial charge in [0, 0.05) is 13.1 Å². The van der Waals surface area contributed by atoms with Crippen molar-refractivity contribution in [2.45, 2.75) is 38.1 Å². The number of aliphatic carboxylic acids is 1. The van der Waals surface area contributed by atoms with Gasteiger partial charge in [-0.1, -0.05) is 49.6 Å². The molecule has 2 amide bonds. The molecular weight excluding hydrogens is 292 g/mol. The first-order valence-electron chi connectivity index (χ1n) is 8.46. The van der Waals surface area contributed by atoms with Gasteiger partial charge in [-0.05, 0) is 24.3 Å². The number of carboxylic acids is 1. The van der Waals surface area contributed by atoms with Crippen LogP contribution in [0.4, 0.5) is 4.79 Å². The van der Waals surface area contributed by atoms with E-state index in [9.17, 15) is 9.59 Å². The average molecular weight is 316 g/mol. The fourth-order valence-electron chi connectivity index (χ4n) is 3.41. The van der Waals surface area contributed by atoms with Crippen LogP contribution in [-0.4, -0.2) is 35.1 Å². The summed E-state index contributed by atoms with van der Waals surface area (Å²) in [5.74, 6) is -0.553. The minimum Gasteiger partial charge on any atom is -0.481 e. The van der Waals surface area contributed by atoms with Crippen molar-refractivity contribution in [3.05, 3.63) is 35.9 Å². The third-order valence-corrected chi connectivity index (χ3v) is 5.12. The summed E-state index contributed by atoms with van der Waals surface area (Å²) in [6, 6.07) is 9.93. The number of nitrogens with zero attached hydrogens (tertiary/aromatic N) is 1. The van der Waals surface area contributed by atoms with Crippen molar-refractivity contribution in [1.29, 1.82) is 0 Å². The third kappa shape index (κ3) is 3.84. The van der Waals surface area contributed by atoms with Gasteiger partial charge in [0.05, 0.1) is 12.0 Å². The maximum atomic E-state index is 12.5. The Balaban J connectivity index is 1.63. The second-order valence-corrected chi connectivity index (χ2v) is 6.72. The third-order valence-electron chi connectivity index (χ3n) is 5.12. The summed E-state index contributed by atoms with van der Waals surface area (Å²) in [4.78, 5) is 25.2. The number of hydrogen-bond acceptors (Lipinski definition) is 2. The molecule has 1 aliphatic carbocycles. The Morgan fingerprint density at radius 1 is 1.22 bits per heavy atom. The van der Waals surface area contributed by atoms with Crippen LogP contribution < -0.4 is 5.32 Å².